The maximum Gasteiger partial charge on any atom is 0.291 e. The van der Waals surface area contributed by atoms with E-state index in [1.165, 1.54) is 6.26 Å². The fourth-order valence-electron chi connectivity index (χ4n) is 1.98. The van der Waals surface area contributed by atoms with Gasteiger partial charge in [-0.25, -0.2) is 4.98 Å². The molecule has 0 fully saturated rings. The van der Waals surface area contributed by atoms with Crippen molar-refractivity contribution in [1.82, 2.24) is 9.55 Å². The van der Waals surface area contributed by atoms with Crippen molar-refractivity contribution < 1.29 is 9.21 Å². The highest BCUT2D eigenvalue weighted by molar-refractivity contribution is 6.02. The number of amides is 1. The lowest BCUT2D eigenvalue weighted by Crippen LogP contribution is -2.10. The molecule has 0 saturated heterocycles. The summed E-state index contributed by atoms with van der Waals surface area (Å²) in [6.45, 7) is 0. The summed E-state index contributed by atoms with van der Waals surface area (Å²) >= 11 is 0. The Morgan fingerprint density at radius 2 is 2.20 bits per heavy atom. The van der Waals surface area contributed by atoms with Crippen molar-refractivity contribution in [3.8, 4) is 11.4 Å². The molecule has 2 heterocycles. The molecule has 0 aliphatic carbocycles. The van der Waals surface area contributed by atoms with Gasteiger partial charge in [0.25, 0.3) is 5.91 Å². The molecular formula is C15H13N3O2. The Morgan fingerprint density at radius 3 is 2.90 bits per heavy atom. The highest BCUT2D eigenvalue weighted by Gasteiger charge is 2.10. The van der Waals surface area contributed by atoms with Crippen LogP contribution in [0.2, 0.25) is 0 Å². The molecule has 2 aromatic heterocycles. The largest absolute Gasteiger partial charge is 0.459 e. The molecule has 1 aromatic carbocycles. The van der Waals surface area contributed by atoms with E-state index in [-0.39, 0.29) is 11.7 Å². The van der Waals surface area contributed by atoms with Crippen molar-refractivity contribution >= 4 is 11.6 Å². The average Bonchev–Trinajstić information content (AvgIpc) is 3.10. The number of rotatable bonds is 3. The topological polar surface area (TPSA) is 60.1 Å². The quantitative estimate of drug-likeness (QED) is 0.793. The summed E-state index contributed by atoms with van der Waals surface area (Å²) in [6.07, 6.45) is 5.09. The van der Waals surface area contributed by atoms with Gasteiger partial charge in [0.2, 0.25) is 0 Å². The summed E-state index contributed by atoms with van der Waals surface area (Å²) in [6, 6.07) is 10.8. The van der Waals surface area contributed by atoms with Crippen molar-refractivity contribution in [2.45, 2.75) is 0 Å². The number of nitrogens with one attached hydrogen (secondary N) is 1. The molecule has 20 heavy (non-hydrogen) atoms. The van der Waals surface area contributed by atoms with Gasteiger partial charge in [-0.2, -0.15) is 0 Å². The average molecular weight is 267 g/mol. The Bertz CT molecular complexity index is 729. The van der Waals surface area contributed by atoms with E-state index in [1.54, 1.807) is 18.3 Å². The van der Waals surface area contributed by atoms with Crippen LogP contribution in [-0.2, 0) is 7.05 Å². The van der Waals surface area contributed by atoms with Crippen molar-refractivity contribution in [2.24, 2.45) is 7.05 Å². The van der Waals surface area contributed by atoms with Gasteiger partial charge in [-0.15, -0.1) is 0 Å². The molecule has 0 unspecified atom stereocenters. The van der Waals surface area contributed by atoms with E-state index in [0.717, 1.165) is 11.4 Å². The van der Waals surface area contributed by atoms with Gasteiger partial charge in [-0.1, -0.05) is 12.1 Å². The van der Waals surface area contributed by atoms with Crippen LogP contribution < -0.4 is 5.32 Å². The minimum Gasteiger partial charge on any atom is -0.459 e. The summed E-state index contributed by atoms with van der Waals surface area (Å²) < 4.78 is 6.98. The molecule has 3 rings (SSSR count). The third kappa shape index (κ3) is 2.33. The molecule has 1 N–H and O–H groups in total. The summed E-state index contributed by atoms with van der Waals surface area (Å²) in [5.41, 5.74) is 1.64. The maximum atomic E-state index is 11.9. The molecule has 0 spiro atoms. The summed E-state index contributed by atoms with van der Waals surface area (Å²) in [7, 11) is 1.93. The zero-order valence-corrected chi connectivity index (χ0v) is 10.9. The first kappa shape index (κ1) is 12.2. The predicted octanol–water partition coefficient (Wildman–Crippen LogP) is 2.93. The first-order chi connectivity index (χ1) is 9.74. The molecule has 5 heteroatoms. The Balaban J connectivity index is 1.85. The van der Waals surface area contributed by atoms with Crippen molar-refractivity contribution in [3.05, 3.63) is 60.8 Å². The second-order valence-corrected chi connectivity index (χ2v) is 4.37. The summed E-state index contributed by atoms with van der Waals surface area (Å²) in [4.78, 5) is 16.2. The Labute approximate surface area is 115 Å². The number of benzene rings is 1. The monoisotopic (exact) mass is 267 g/mol. The molecule has 3 aromatic rings. The van der Waals surface area contributed by atoms with Gasteiger partial charge < -0.3 is 14.3 Å². The zero-order chi connectivity index (χ0) is 13.9. The highest BCUT2D eigenvalue weighted by Crippen LogP contribution is 2.21. The maximum absolute atomic E-state index is 11.9. The smallest absolute Gasteiger partial charge is 0.291 e. The summed E-state index contributed by atoms with van der Waals surface area (Å²) in [5.74, 6) is 0.860. The number of aromatic nitrogens is 2. The van der Waals surface area contributed by atoms with Crippen LogP contribution in [0.15, 0.2) is 59.5 Å². The van der Waals surface area contributed by atoms with Crippen LogP contribution in [0, 0.1) is 0 Å². The van der Waals surface area contributed by atoms with Gasteiger partial charge in [-0.05, 0) is 24.3 Å². The lowest BCUT2D eigenvalue weighted by Gasteiger charge is -2.06. The molecule has 1 amide bonds. The molecule has 5 nitrogen and oxygen atoms in total. The van der Waals surface area contributed by atoms with Crippen LogP contribution in [0.3, 0.4) is 0 Å². The highest BCUT2D eigenvalue weighted by atomic mass is 16.3. The SMILES string of the molecule is Cn1ccnc1-c1cccc(NC(=O)c2ccco2)c1. The lowest BCUT2D eigenvalue weighted by atomic mass is 10.2. The molecule has 0 atom stereocenters. The Morgan fingerprint density at radius 1 is 1.30 bits per heavy atom. The number of hydrogen-bond donors (Lipinski definition) is 1. The van der Waals surface area contributed by atoms with Gasteiger partial charge in [0.15, 0.2) is 5.76 Å². The van der Waals surface area contributed by atoms with E-state index in [1.807, 2.05) is 42.1 Å². The van der Waals surface area contributed by atoms with E-state index in [0.29, 0.717) is 5.69 Å². The minimum absolute atomic E-state index is 0.271. The first-order valence-corrected chi connectivity index (χ1v) is 6.16. The number of nitrogens with zero attached hydrogens (tertiary/aromatic N) is 2. The molecule has 0 saturated carbocycles. The number of furan rings is 1. The Kier molecular flexibility index (Phi) is 3.09. The molecular weight excluding hydrogens is 254 g/mol. The minimum atomic E-state index is -0.271. The normalized spacial score (nSPS) is 10.4. The van der Waals surface area contributed by atoms with Crippen molar-refractivity contribution in [3.63, 3.8) is 0 Å². The molecule has 0 bridgehead atoms. The van der Waals surface area contributed by atoms with Crippen LogP contribution in [0.1, 0.15) is 10.6 Å². The van der Waals surface area contributed by atoms with Crippen LogP contribution >= 0.6 is 0 Å². The standard InChI is InChI=1S/C15H13N3O2/c1-18-8-7-16-14(18)11-4-2-5-12(10-11)17-15(19)13-6-3-9-20-13/h2-10H,1H3,(H,17,19). The number of imidazole rings is 1. The van der Waals surface area contributed by atoms with E-state index in [9.17, 15) is 4.79 Å². The van der Waals surface area contributed by atoms with Crippen LogP contribution in [0.5, 0.6) is 0 Å². The second-order valence-electron chi connectivity index (χ2n) is 4.37. The van der Waals surface area contributed by atoms with Crippen LogP contribution in [0.4, 0.5) is 5.69 Å². The van der Waals surface area contributed by atoms with Gasteiger partial charge in [0.1, 0.15) is 5.82 Å². The molecule has 0 aliphatic heterocycles. The number of hydrogen-bond acceptors (Lipinski definition) is 3. The van der Waals surface area contributed by atoms with Gasteiger partial charge in [-0.3, -0.25) is 4.79 Å². The fraction of sp³-hybridized carbons (Fsp3) is 0.0667. The van der Waals surface area contributed by atoms with Gasteiger partial charge in [0.05, 0.1) is 6.26 Å². The molecule has 100 valence electrons. The van der Waals surface area contributed by atoms with Crippen molar-refractivity contribution in [1.29, 1.82) is 0 Å². The fourth-order valence-corrected chi connectivity index (χ4v) is 1.98. The third-order valence-electron chi connectivity index (χ3n) is 2.94. The lowest BCUT2D eigenvalue weighted by molar-refractivity contribution is 0.0996. The van der Waals surface area contributed by atoms with Gasteiger partial charge in [0, 0.05) is 30.7 Å². The predicted molar refractivity (Wildman–Crippen MR) is 75.3 cm³/mol. The third-order valence-corrected chi connectivity index (χ3v) is 2.94. The van der Waals surface area contributed by atoms with E-state index < -0.39 is 0 Å². The number of carbonyl (C=O) groups excluding carboxylic acids is 1. The van der Waals surface area contributed by atoms with E-state index in [2.05, 4.69) is 10.3 Å². The Hall–Kier alpha value is -2.82. The van der Waals surface area contributed by atoms with Crippen LogP contribution in [-0.4, -0.2) is 15.5 Å². The van der Waals surface area contributed by atoms with E-state index in [4.69, 9.17) is 4.42 Å². The molecule has 0 aliphatic rings. The number of anilines is 1. The summed E-state index contributed by atoms with van der Waals surface area (Å²) in [5, 5.41) is 2.80. The van der Waals surface area contributed by atoms with Gasteiger partial charge >= 0.3 is 0 Å². The second kappa shape index (κ2) is 5.05. The first-order valence-electron chi connectivity index (χ1n) is 6.16. The number of aryl methyl sites for hydroxylation is 1. The molecule has 0 radical (unpaired) electrons. The van der Waals surface area contributed by atoms with Crippen LogP contribution in [0.25, 0.3) is 11.4 Å². The van der Waals surface area contributed by atoms with E-state index >= 15 is 0 Å². The zero-order valence-electron chi connectivity index (χ0n) is 10.9. The van der Waals surface area contributed by atoms with Crippen molar-refractivity contribution in [2.75, 3.05) is 5.32 Å². The number of carbonyl (C=O) groups is 1.